The van der Waals surface area contributed by atoms with E-state index in [2.05, 4.69) is 10.3 Å². The highest BCUT2D eigenvalue weighted by Gasteiger charge is 2.14. The van der Waals surface area contributed by atoms with Crippen LogP contribution < -0.4 is 5.32 Å². The van der Waals surface area contributed by atoms with Gasteiger partial charge in [-0.1, -0.05) is 24.3 Å². The molecular formula is C21H24N2O5. The van der Waals surface area contributed by atoms with Gasteiger partial charge in [-0.25, -0.2) is 9.78 Å². The number of hydrogen-bond donors (Lipinski definition) is 2. The van der Waals surface area contributed by atoms with Crippen LogP contribution in [0.15, 0.2) is 36.4 Å². The molecule has 1 aliphatic rings. The van der Waals surface area contributed by atoms with Gasteiger partial charge in [0.1, 0.15) is 5.69 Å². The van der Waals surface area contributed by atoms with Crippen LogP contribution in [0.25, 0.3) is 0 Å². The molecule has 3 rings (SSSR count). The van der Waals surface area contributed by atoms with Crippen LogP contribution in [0, 0.1) is 6.92 Å². The molecule has 148 valence electrons. The number of hydrogen-bond acceptors (Lipinski definition) is 5. The van der Waals surface area contributed by atoms with Crippen molar-refractivity contribution in [2.75, 3.05) is 13.2 Å². The number of nitrogens with zero attached hydrogens (tertiary/aromatic N) is 1. The molecule has 1 aromatic carbocycles. The number of rotatable bonds is 7. The van der Waals surface area contributed by atoms with Crippen molar-refractivity contribution in [3.63, 3.8) is 0 Å². The zero-order valence-electron chi connectivity index (χ0n) is 15.8. The van der Waals surface area contributed by atoms with Crippen LogP contribution in [0.1, 0.15) is 50.5 Å². The second-order valence-electron chi connectivity index (χ2n) is 6.76. The first-order valence-electron chi connectivity index (χ1n) is 9.29. The highest BCUT2D eigenvalue weighted by molar-refractivity contribution is 5.94. The van der Waals surface area contributed by atoms with Crippen molar-refractivity contribution in [2.24, 2.45) is 0 Å². The number of carbonyl (C=O) groups excluding carboxylic acids is 1. The summed E-state index contributed by atoms with van der Waals surface area (Å²) >= 11 is 0. The number of ether oxygens (including phenoxy) is 2. The number of aromatic nitrogens is 1. The summed E-state index contributed by atoms with van der Waals surface area (Å²) in [6.45, 7) is 4.02. The normalized spacial score (nSPS) is 14.6. The summed E-state index contributed by atoms with van der Waals surface area (Å²) in [6.07, 6.45) is 2.13. The molecule has 1 aliphatic heterocycles. The van der Waals surface area contributed by atoms with Crippen molar-refractivity contribution in [3.05, 3.63) is 64.5 Å². The molecule has 1 amide bonds. The first-order valence-corrected chi connectivity index (χ1v) is 9.29. The summed E-state index contributed by atoms with van der Waals surface area (Å²) in [7, 11) is 0. The lowest BCUT2D eigenvalue weighted by Gasteiger charge is -2.22. The molecule has 2 aromatic rings. The van der Waals surface area contributed by atoms with Crippen LogP contribution in [0.3, 0.4) is 0 Å². The van der Waals surface area contributed by atoms with Gasteiger partial charge in [0.2, 0.25) is 0 Å². The van der Waals surface area contributed by atoms with Gasteiger partial charge < -0.3 is 19.9 Å². The Morgan fingerprint density at radius 1 is 1.14 bits per heavy atom. The fourth-order valence-corrected chi connectivity index (χ4v) is 3.00. The quantitative estimate of drug-likeness (QED) is 0.762. The number of aryl methyl sites for hydroxylation is 1. The molecule has 1 aromatic heterocycles. The summed E-state index contributed by atoms with van der Waals surface area (Å²) in [5.41, 5.74) is 2.65. The smallest absolute Gasteiger partial charge is 0.337 e. The Morgan fingerprint density at radius 2 is 1.82 bits per heavy atom. The molecule has 0 radical (unpaired) electrons. The zero-order valence-corrected chi connectivity index (χ0v) is 15.8. The molecule has 7 heteroatoms. The Balaban J connectivity index is 1.49. The Bertz CT molecular complexity index is 829. The van der Waals surface area contributed by atoms with Gasteiger partial charge in [0.15, 0.2) is 0 Å². The Labute approximate surface area is 163 Å². The van der Waals surface area contributed by atoms with Gasteiger partial charge in [-0.2, -0.15) is 0 Å². The molecule has 1 fully saturated rings. The number of aromatic carboxylic acids is 1. The fourth-order valence-electron chi connectivity index (χ4n) is 3.00. The number of amides is 1. The van der Waals surface area contributed by atoms with E-state index in [1.54, 1.807) is 6.92 Å². The minimum Gasteiger partial charge on any atom is -0.478 e. The molecule has 0 bridgehead atoms. The van der Waals surface area contributed by atoms with Gasteiger partial charge in [0.05, 0.1) is 24.0 Å². The maximum atomic E-state index is 12.2. The van der Waals surface area contributed by atoms with E-state index in [0.29, 0.717) is 18.8 Å². The van der Waals surface area contributed by atoms with Crippen LogP contribution >= 0.6 is 0 Å². The SMILES string of the molecule is Cc1nc(C(=O)NCc2ccc(COC3CCOCC3)cc2)ccc1C(=O)O. The molecule has 0 saturated carbocycles. The Morgan fingerprint density at radius 3 is 2.46 bits per heavy atom. The molecule has 7 nitrogen and oxygen atoms in total. The van der Waals surface area contributed by atoms with Gasteiger partial charge in [-0.05, 0) is 43.0 Å². The van der Waals surface area contributed by atoms with Crippen molar-refractivity contribution < 1.29 is 24.2 Å². The third kappa shape index (κ3) is 5.37. The Kier molecular flexibility index (Phi) is 6.73. The van der Waals surface area contributed by atoms with E-state index in [1.807, 2.05) is 24.3 Å². The van der Waals surface area contributed by atoms with Crippen molar-refractivity contribution in [1.29, 1.82) is 0 Å². The van der Waals surface area contributed by atoms with E-state index >= 15 is 0 Å². The highest BCUT2D eigenvalue weighted by Crippen LogP contribution is 2.14. The van der Waals surface area contributed by atoms with E-state index in [-0.39, 0.29) is 23.3 Å². The molecule has 0 unspecified atom stereocenters. The third-order valence-corrected chi connectivity index (χ3v) is 4.68. The average molecular weight is 384 g/mol. The van der Waals surface area contributed by atoms with Crippen molar-refractivity contribution in [3.8, 4) is 0 Å². The molecule has 0 spiro atoms. The van der Waals surface area contributed by atoms with Crippen LogP contribution in [-0.4, -0.2) is 41.3 Å². The number of benzene rings is 1. The molecule has 0 aliphatic carbocycles. The number of pyridine rings is 1. The minimum absolute atomic E-state index is 0.0927. The van der Waals surface area contributed by atoms with Crippen LogP contribution in [0.2, 0.25) is 0 Å². The fraction of sp³-hybridized carbons (Fsp3) is 0.381. The lowest BCUT2D eigenvalue weighted by atomic mass is 10.1. The monoisotopic (exact) mass is 384 g/mol. The molecule has 1 saturated heterocycles. The molecule has 2 heterocycles. The first-order chi connectivity index (χ1) is 13.5. The van der Waals surface area contributed by atoms with E-state index < -0.39 is 5.97 Å². The second-order valence-corrected chi connectivity index (χ2v) is 6.76. The molecule has 0 atom stereocenters. The van der Waals surface area contributed by atoms with E-state index in [4.69, 9.17) is 14.6 Å². The van der Waals surface area contributed by atoms with Gasteiger partial charge in [0.25, 0.3) is 5.91 Å². The van der Waals surface area contributed by atoms with Crippen molar-refractivity contribution in [1.82, 2.24) is 10.3 Å². The van der Waals surface area contributed by atoms with Crippen molar-refractivity contribution in [2.45, 2.75) is 39.0 Å². The van der Waals surface area contributed by atoms with E-state index in [9.17, 15) is 9.59 Å². The minimum atomic E-state index is -1.06. The number of nitrogens with one attached hydrogen (secondary N) is 1. The summed E-state index contributed by atoms with van der Waals surface area (Å²) in [5, 5.41) is 11.8. The molecule has 2 N–H and O–H groups in total. The molecular weight excluding hydrogens is 360 g/mol. The number of carbonyl (C=O) groups is 2. The van der Waals surface area contributed by atoms with Crippen LogP contribution in [0.4, 0.5) is 0 Å². The lowest BCUT2D eigenvalue weighted by molar-refractivity contribution is -0.0390. The second kappa shape index (κ2) is 9.43. The van der Waals surface area contributed by atoms with Crippen LogP contribution in [0.5, 0.6) is 0 Å². The van der Waals surface area contributed by atoms with Gasteiger partial charge >= 0.3 is 5.97 Å². The van der Waals surface area contributed by atoms with Crippen LogP contribution in [-0.2, 0) is 22.6 Å². The third-order valence-electron chi connectivity index (χ3n) is 4.68. The van der Waals surface area contributed by atoms with Gasteiger partial charge in [-0.3, -0.25) is 4.79 Å². The highest BCUT2D eigenvalue weighted by atomic mass is 16.5. The summed E-state index contributed by atoms with van der Waals surface area (Å²) < 4.78 is 11.2. The number of carboxylic acid groups (broad SMARTS) is 1. The standard InChI is InChI=1S/C21H24N2O5/c1-14-18(21(25)26)6-7-19(23-14)20(24)22-12-15-2-4-16(5-3-15)13-28-17-8-10-27-11-9-17/h2-7,17H,8-13H2,1H3,(H,22,24)(H,25,26). The largest absolute Gasteiger partial charge is 0.478 e. The van der Waals surface area contributed by atoms with Gasteiger partial charge in [-0.15, -0.1) is 0 Å². The average Bonchev–Trinajstić information content (AvgIpc) is 2.71. The molecule has 28 heavy (non-hydrogen) atoms. The lowest BCUT2D eigenvalue weighted by Crippen LogP contribution is -2.24. The van der Waals surface area contributed by atoms with Gasteiger partial charge in [0, 0.05) is 19.8 Å². The first kappa shape index (κ1) is 20.0. The number of carboxylic acids is 1. The summed E-state index contributed by atoms with van der Waals surface area (Å²) in [5.74, 6) is -1.40. The predicted octanol–water partition coefficient (Wildman–Crippen LogP) is 2.71. The van der Waals surface area contributed by atoms with E-state index in [0.717, 1.165) is 37.2 Å². The summed E-state index contributed by atoms with van der Waals surface area (Å²) in [6, 6.07) is 10.7. The maximum absolute atomic E-state index is 12.2. The van der Waals surface area contributed by atoms with E-state index in [1.165, 1.54) is 12.1 Å². The topological polar surface area (TPSA) is 97.8 Å². The predicted molar refractivity (Wildman–Crippen MR) is 102 cm³/mol. The zero-order chi connectivity index (χ0) is 19.9. The summed E-state index contributed by atoms with van der Waals surface area (Å²) in [4.78, 5) is 27.3. The van der Waals surface area contributed by atoms with Crippen molar-refractivity contribution >= 4 is 11.9 Å². The Hall–Kier alpha value is -2.77. The maximum Gasteiger partial charge on any atom is 0.337 e.